The molecule has 2 aliphatic rings. The maximum atomic E-state index is 13.7. The number of aliphatic hydroxyl groups is 1. The molecule has 13 nitrogen and oxygen atoms in total. The van der Waals surface area contributed by atoms with Crippen molar-refractivity contribution >= 4 is 17.0 Å². The summed E-state index contributed by atoms with van der Waals surface area (Å²) in [6.07, 6.45) is 6.71. The van der Waals surface area contributed by atoms with Gasteiger partial charge in [-0.05, 0) is 54.5 Å². The predicted molar refractivity (Wildman–Crippen MR) is 174 cm³/mol. The number of rotatable bonds is 8. The largest absolute Gasteiger partial charge is 0.392 e. The second-order valence-electron chi connectivity index (χ2n) is 13.1. The van der Waals surface area contributed by atoms with Gasteiger partial charge in [0.2, 0.25) is 0 Å². The van der Waals surface area contributed by atoms with Gasteiger partial charge in [0.25, 0.3) is 11.1 Å². The highest BCUT2D eigenvalue weighted by Gasteiger charge is 2.32. The van der Waals surface area contributed by atoms with Gasteiger partial charge in [-0.25, -0.2) is 4.98 Å². The van der Waals surface area contributed by atoms with Crippen LogP contribution in [0.4, 0.5) is 11.5 Å². The van der Waals surface area contributed by atoms with Crippen LogP contribution in [0.2, 0.25) is 0 Å². The third-order valence-corrected chi connectivity index (χ3v) is 9.36. The van der Waals surface area contributed by atoms with E-state index in [1.165, 1.54) is 9.25 Å². The number of ether oxygens (including phenoxy) is 1. The Hall–Kier alpha value is -4.59. The third kappa shape index (κ3) is 5.04. The number of hydrogen-bond donors (Lipinski definition) is 2. The molecule has 0 fully saturated rings. The van der Waals surface area contributed by atoms with E-state index >= 15 is 0 Å². The predicted octanol–water partition coefficient (Wildman–Crippen LogP) is 2.83. The molecule has 1 unspecified atom stereocenters. The highest BCUT2D eigenvalue weighted by molar-refractivity contribution is 5.73. The zero-order valence-electron chi connectivity index (χ0n) is 26.8. The number of aliphatic hydroxyl groups excluding tert-OH is 1. The summed E-state index contributed by atoms with van der Waals surface area (Å²) in [5, 5.41) is 23.1. The normalized spacial score (nSPS) is 17.4. The molecule has 5 aromatic rings. The molecule has 5 aromatic heterocycles. The molecule has 1 aliphatic carbocycles. The Bertz CT molecular complexity index is 2090. The molecule has 0 bridgehead atoms. The summed E-state index contributed by atoms with van der Waals surface area (Å²) in [5.74, 6) is 0.820. The number of aromatic nitrogens is 7. The molecule has 0 saturated carbocycles. The minimum Gasteiger partial charge on any atom is -0.392 e. The molecule has 0 saturated heterocycles. The Labute approximate surface area is 265 Å². The lowest BCUT2D eigenvalue weighted by Crippen LogP contribution is -2.38. The average Bonchev–Trinajstić information content (AvgIpc) is 3.69. The second kappa shape index (κ2) is 11.3. The zero-order chi connectivity index (χ0) is 32.3. The maximum absolute atomic E-state index is 13.7. The first-order valence-electron chi connectivity index (χ1n) is 15.6. The summed E-state index contributed by atoms with van der Waals surface area (Å²) in [6.45, 7) is 9.29. The number of nitrogens with zero attached hydrogens (tertiary/aromatic N) is 8. The number of hydrogen-bond acceptors (Lipinski definition) is 9. The van der Waals surface area contributed by atoms with Crippen molar-refractivity contribution in [3.8, 4) is 16.9 Å². The topological polar surface area (TPSA) is 137 Å². The molecule has 0 aromatic carbocycles. The molecule has 0 radical (unpaired) electrons. The van der Waals surface area contributed by atoms with Gasteiger partial charge >= 0.3 is 0 Å². The van der Waals surface area contributed by atoms with Gasteiger partial charge in [-0.3, -0.25) is 23.6 Å². The molecule has 6 heterocycles. The lowest BCUT2D eigenvalue weighted by atomic mass is 9.90. The van der Waals surface area contributed by atoms with Crippen LogP contribution < -0.4 is 16.4 Å². The molecule has 13 heteroatoms. The van der Waals surface area contributed by atoms with Gasteiger partial charge in [0.15, 0.2) is 11.6 Å². The first-order valence-corrected chi connectivity index (χ1v) is 15.6. The van der Waals surface area contributed by atoms with E-state index in [1.54, 1.807) is 45.0 Å². The number of aryl methyl sites for hydroxylation is 1. The highest BCUT2D eigenvalue weighted by atomic mass is 16.5. The van der Waals surface area contributed by atoms with E-state index in [-0.39, 0.29) is 35.0 Å². The van der Waals surface area contributed by atoms with E-state index in [0.29, 0.717) is 40.3 Å². The standard InChI is InChI=1S/C33H39N9O4/c1-20-26-14-29(37-41(26)9-8-39(20)10-11-46-5)36-25-12-22(17-38(4)31(25)44)23-6-7-34-30(24(23)18-43)42-32(45)27-13-21-15-33(2,3)16-28(21)40(27)19-35-42/h6-7,12-14,17,19-20,43H,8-11,15-16,18H2,1-5H3,(H,36,37). The maximum Gasteiger partial charge on any atom is 0.297 e. The smallest absolute Gasteiger partial charge is 0.297 e. The Morgan fingerprint density at radius 3 is 2.74 bits per heavy atom. The summed E-state index contributed by atoms with van der Waals surface area (Å²) in [7, 11) is 3.38. The zero-order valence-corrected chi connectivity index (χ0v) is 26.8. The van der Waals surface area contributed by atoms with Crippen LogP contribution in [-0.4, -0.2) is 70.3 Å². The number of fused-ring (bicyclic) bond motifs is 4. The summed E-state index contributed by atoms with van der Waals surface area (Å²) in [6, 6.07) is 7.59. The van der Waals surface area contributed by atoms with Crippen molar-refractivity contribution in [2.24, 2.45) is 12.5 Å². The number of pyridine rings is 2. The van der Waals surface area contributed by atoms with Crippen molar-refractivity contribution in [1.29, 1.82) is 0 Å². The molecule has 240 valence electrons. The van der Waals surface area contributed by atoms with Gasteiger partial charge in [-0.15, -0.1) is 0 Å². The van der Waals surface area contributed by atoms with Crippen LogP contribution >= 0.6 is 0 Å². The van der Waals surface area contributed by atoms with E-state index in [2.05, 4.69) is 41.1 Å². The van der Waals surface area contributed by atoms with Crippen molar-refractivity contribution in [2.75, 3.05) is 32.1 Å². The van der Waals surface area contributed by atoms with Crippen molar-refractivity contribution < 1.29 is 9.84 Å². The molecule has 46 heavy (non-hydrogen) atoms. The van der Waals surface area contributed by atoms with Gasteiger partial charge in [0, 0.05) is 68.6 Å². The van der Waals surface area contributed by atoms with Crippen LogP contribution in [0.25, 0.3) is 22.5 Å². The third-order valence-electron chi connectivity index (χ3n) is 9.36. The molecule has 1 atom stereocenters. The van der Waals surface area contributed by atoms with Crippen molar-refractivity contribution in [3.05, 3.63) is 86.2 Å². The van der Waals surface area contributed by atoms with Crippen LogP contribution in [0, 0.1) is 5.41 Å². The van der Waals surface area contributed by atoms with E-state index < -0.39 is 0 Å². The van der Waals surface area contributed by atoms with Crippen LogP contribution in [-0.2, 0) is 37.8 Å². The fourth-order valence-electron chi connectivity index (χ4n) is 7.02. The first-order chi connectivity index (χ1) is 22.1. The summed E-state index contributed by atoms with van der Waals surface area (Å²) >= 11 is 0. The Morgan fingerprint density at radius 1 is 1.13 bits per heavy atom. The molecule has 0 amide bonds. The van der Waals surface area contributed by atoms with E-state index in [0.717, 1.165) is 49.4 Å². The number of methoxy groups -OCH3 is 1. The van der Waals surface area contributed by atoms with E-state index in [4.69, 9.17) is 9.84 Å². The lowest BCUT2D eigenvalue weighted by Gasteiger charge is -2.33. The number of anilines is 2. The average molecular weight is 626 g/mol. The summed E-state index contributed by atoms with van der Waals surface area (Å²) in [5.41, 5.74) is 5.53. The minimum atomic E-state index is -0.389. The van der Waals surface area contributed by atoms with Gasteiger partial charge in [-0.2, -0.15) is 14.9 Å². The SMILES string of the molecule is COCCN1CCn2nc(Nc3cc(-c4ccnc(-n5ncn6c7c(cc6c5=O)CC(C)(C)C7)c4CO)cn(C)c3=O)cc2C1C. The second-order valence-corrected chi connectivity index (χ2v) is 13.1. The number of nitrogens with one attached hydrogen (secondary N) is 1. The molecule has 0 spiro atoms. The monoisotopic (exact) mass is 625 g/mol. The van der Waals surface area contributed by atoms with Crippen LogP contribution in [0.5, 0.6) is 0 Å². The van der Waals surface area contributed by atoms with Crippen molar-refractivity contribution in [2.45, 2.75) is 52.8 Å². The fraction of sp³-hybridized carbons (Fsp3) is 0.424. The van der Waals surface area contributed by atoms with Crippen molar-refractivity contribution in [1.82, 2.24) is 38.4 Å². The first kappa shape index (κ1) is 30.1. The summed E-state index contributed by atoms with van der Waals surface area (Å²) < 4.78 is 11.9. The lowest BCUT2D eigenvalue weighted by molar-refractivity contribution is 0.104. The van der Waals surface area contributed by atoms with Gasteiger partial charge in [0.05, 0.1) is 25.5 Å². The Balaban J connectivity index is 1.24. The fourth-order valence-corrected chi connectivity index (χ4v) is 7.02. The van der Waals surface area contributed by atoms with E-state index in [1.807, 2.05) is 21.2 Å². The quantitative estimate of drug-likeness (QED) is 0.267. The molecule has 1 aliphatic heterocycles. The van der Waals surface area contributed by atoms with Crippen molar-refractivity contribution in [3.63, 3.8) is 0 Å². The Kier molecular flexibility index (Phi) is 7.41. The molecule has 2 N–H and O–H groups in total. The van der Waals surface area contributed by atoms with Crippen LogP contribution in [0.15, 0.2) is 52.6 Å². The summed E-state index contributed by atoms with van der Waals surface area (Å²) in [4.78, 5) is 33.8. The van der Waals surface area contributed by atoms with Gasteiger partial charge in [-0.1, -0.05) is 13.8 Å². The molecular weight excluding hydrogens is 586 g/mol. The van der Waals surface area contributed by atoms with Crippen LogP contribution in [0.3, 0.4) is 0 Å². The van der Waals surface area contributed by atoms with Gasteiger partial charge < -0.3 is 19.7 Å². The van der Waals surface area contributed by atoms with E-state index in [9.17, 15) is 14.7 Å². The molecule has 7 rings (SSSR count). The minimum absolute atomic E-state index is 0.144. The highest BCUT2D eigenvalue weighted by Crippen LogP contribution is 2.37. The van der Waals surface area contributed by atoms with Crippen LogP contribution in [0.1, 0.15) is 49.3 Å². The molecular formula is C33H39N9O4. The van der Waals surface area contributed by atoms with Gasteiger partial charge in [0.1, 0.15) is 17.5 Å². The Morgan fingerprint density at radius 2 is 1.96 bits per heavy atom.